The predicted molar refractivity (Wildman–Crippen MR) is 118 cm³/mol. The van der Waals surface area contributed by atoms with Crippen LogP contribution in [0.1, 0.15) is 80.9 Å². The maximum absolute atomic E-state index is 13.4. The second kappa shape index (κ2) is 10.2. The Hall–Kier alpha value is -2.96. The first-order valence-electron chi connectivity index (χ1n) is 10.4. The van der Waals surface area contributed by atoms with E-state index < -0.39 is 4.92 Å². The summed E-state index contributed by atoms with van der Waals surface area (Å²) in [6, 6.07) is 2.95. The Kier molecular flexibility index (Phi) is 7.92. The molecule has 7 heteroatoms. The van der Waals surface area contributed by atoms with Crippen LogP contribution in [0.2, 0.25) is 0 Å². The lowest BCUT2D eigenvalue weighted by molar-refractivity contribution is -0.385. The summed E-state index contributed by atoms with van der Waals surface area (Å²) in [5.41, 5.74) is 3.67. The molecule has 0 aliphatic rings. The number of benzene rings is 1. The largest absolute Gasteiger partial charge is 0.477 e. The number of ether oxygens (including phenoxy) is 1. The summed E-state index contributed by atoms with van der Waals surface area (Å²) in [4.78, 5) is 24.6. The maximum atomic E-state index is 13.4. The number of carbonyl (C=O) groups is 1. The smallest absolute Gasteiger partial charge is 0.277 e. The fraction of sp³-hybridized carbons (Fsp3) is 0.478. The van der Waals surface area contributed by atoms with Crippen LogP contribution < -0.4 is 4.74 Å². The lowest BCUT2D eigenvalue weighted by Gasteiger charge is -2.14. The highest BCUT2D eigenvalue weighted by Gasteiger charge is 2.26. The van der Waals surface area contributed by atoms with E-state index >= 15 is 0 Å². The summed E-state index contributed by atoms with van der Waals surface area (Å²) in [7, 11) is 0. The van der Waals surface area contributed by atoms with Crippen LogP contribution in [0.3, 0.4) is 0 Å². The van der Waals surface area contributed by atoms with Crippen molar-refractivity contribution in [1.82, 2.24) is 9.78 Å². The van der Waals surface area contributed by atoms with Gasteiger partial charge in [-0.15, -0.1) is 0 Å². The minimum absolute atomic E-state index is 0.00356. The zero-order valence-corrected chi connectivity index (χ0v) is 18.7. The molecule has 0 fully saturated rings. The van der Waals surface area contributed by atoms with Crippen molar-refractivity contribution in [2.24, 2.45) is 0 Å². The molecular weight excluding hydrogens is 382 g/mol. The zero-order valence-electron chi connectivity index (χ0n) is 18.7. The third-order valence-electron chi connectivity index (χ3n) is 5.22. The number of allylic oxidation sites excluding steroid dienone is 2. The van der Waals surface area contributed by atoms with Crippen molar-refractivity contribution >= 4 is 17.0 Å². The summed E-state index contributed by atoms with van der Waals surface area (Å²) in [5, 5.41) is 15.9. The summed E-state index contributed by atoms with van der Waals surface area (Å²) >= 11 is 0. The normalized spacial score (nSPS) is 10.7. The Morgan fingerprint density at radius 1 is 1.17 bits per heavy atom. The molecule has 30 heavy (non-hydrogen) atoms. The highest BCUT2D eigenvalue weighted by Crippen LogP contribution is 2.34. The molecule has 0 saturated carbocycles. The second-order valence-electron chi connectivity index (χ2n) is 7.63. The van der Waals surface area contributed by atoms with Gasteiger partial charge < -0.3 is 4.74 Å². The van der Waals surface area contributed by atoms with E-state index in [9.17, 15) is 14.9 Å². The van der Waals surface area contributed by atoms with Crippen LogP contribution in [0.15, 0.2) is 23.9 Å². The summed E-state index contributed by atoms with van der Waals surface area (Å²) in [6.45, 7) is 12.7. The molecule has 2 rings (SSSR count). The molecule has 0 saturated heterocycles. The Balaban J connectivity index is 2.60. The van der Waals surface area contributed by atoms with Crippen LogP contribution in [0.25, 0.3) is 5.57 Å². The van der Waals surface area contributed by atoms with Gasteiger partial charge in [-0.1, -0.05) is 25.8 Å². The van der Waals surface area contributed by atoms with Crippen molar-refractivity contribution in [1.29, 1.82) is 0 Å². The van der Waals surface area contributed by atoms with Crippen LogP contribution in [-0.2, 0) is 6.54 Å². The molecule has 1 heterocycles. The predicted octanol–water partition coefficient (Wildman–Crippen LogP) is 5.73. The van der Waals surface area contributed by atoms with Crippen LogP contribution in [-0.4, -0.2) is 27.1 Å². The van der Waals surface area contributed by atoms with Gasteiger partial charge in [0.25, 0.3) is 5.69 Å². The molecule has 162 valence electrons. The molecule has 7 nitrogen and oxygen atoms in total. The maximum Gasteiger partial charge on any atom is 0.277 e. The molecule has 0 N–H and O–H groups in total. The number of aromatic nitrogens is 2. The van der Waals surface area contributed by atoms with E-state index in [2.05, 4.69) is 12.0 Å². The fourth-order valence-electron chi connectivity index (χ4n) is 3.33. The number of rotatable bonds is 10. The standard InChI is InChI=1S/C23H31N3O4/c1-7-9-13-30-23-19(14-24-25(23)12-8-2)22(27)18-10-11-20(26(28)29)21(17(18)6)16(5)15(3)4/h10-11,14H,7-9,12-13H2,1-6H3. The molecule has 0 spiro atoms. The van der Waals surface area contributed by atoms with E-state index in [1.54, 1.807) is 11.6 Å². The molecule has 0 aliphatic heterocycles. The Labute approximate surface area is 177 Å². The van der Waals surface area contributed by atoms with Crippen molar-refractivity contribution in [3.05, 3.63) is 56.3 Å². The van der Waals surface area contributed by atoms with Gasteiger partial charge in [-0.25, -0.2) is 4.68 Å². The van der Waals surface area contributed by atoms with Crippen LogP contribution in [0.4, 0.5) is 5.69 Å². The van der Waals surface area contributed by atoms with Crippen LogP contribution >= 0.6 is 0 Å². The van der Waals surface area contributed by atoms with E-state index in [0.29, 0.717) is 41.3 Å². The summed E-state index contributed by atoms with van der Waals surface area (Å²) in [6.07, 6.45) is 4.26. The first kappa shape index (κ1) is 23.3. The second-order valence-corrected chi connectivity index (χ2v) is 7.63. The van der Waals surface area contributed by atoms with Gasteiger partial charge in [0.15, 0.2) is 5.78 Å². The van der Waals surface area contributed by atoms with E-state index in [0.717, 1.165) is 30.4 Å². The van der Waals surface area contributed by atoms with Crippen molar-refractivity contribution in [2.45, 2.75) is 67.3 Å². The molecule has 0 amide bonds. The third-order valence-corrected chi connectivity index (χ3v) is 5.22. The lowest BCUT2D eigenvalue weighted by atomic mass is 9.90. The molecule has 1 aromatic heterocycles. The van der Waals surface area contributed by atoms with Gasteiger partial charge in [-0.05, 0) is 57.7 Å². The van der Waals surface area contributed by atoms with Gasteiger partial charge >= 0.3 is 0 Å². The average molecular weight is 414 g/mol. The van der Waals surface area contributed by atoms with Crippen molar-refractivity contribution in [2.75, 3.05) is 6.61 Å². The number of unbranched alkanes of at least 4 members (excludes halogenated alkanes) is 1. The first-order chi connectivity index (χ1) is 14.2. The van der Waals surface area contributed by atoms with E-state index in [1.807, 2.05) is 27.7 Å². The molecule has 2 aromatic rings. The van der Waals surface area contributed by atoms with Crippen LogP contribution in [0, 0.1) is 17.0 Å². The van der Waals surface area contributed by atoms with Gasteiger partial charge in [0, 0.05) is 18.2 Å². The monoisotopic (exact) mass is 413 g/mol. The average Bonchev–Trinajstić information content (AvgIpc) is 3.09. The quantitative estimate of drug-likeness (QED) is 0.215. The van der Waals surface area contributed by atoms with Gasteiger partial charge in [-0.3, -0.25) is 14.9 Å². The molecule has 0 aliphatic carbocycles. The van der Waals surface area contributed by atoms with Crippen molar-refractivity contribution in [3.63, 3.8) is 0 Å². The van der Waals surface area contributed by atoms with Crippen molar-refractivity contribution < 1.29 is 14.5 Å². The minimum atomic E-state index is -0.401. The SMILES string of the molecule is CCCCOc1c(C(=O)c2ccc([N+](=O)[O-])c(C(C)=C(C)C)c2C)cnn1CCC. The minimum Gasteiger partial charge on any atom is -0.477 e. The highest BCUT2D eigenvalue weighted by molar-refractivity contribution is 6.12. The summed E-state index contributed by atoms with van der Waals surface area (Å²) < 4.78 is 7.64. The zero-order chi connectivity index (χ0) is 22.4. The number of hydrogen-bond acceptors (Lipinski definition) is 5. The fourth-order valence-corrected chi connectivity index (χ4v) is 3.33. The number of carbonyl (C=O) groups excluding carboxylic acids is 1. The summed E-state index contributed by atoms with van der Waals surface area (Å²) in [5.74, 6) is 0.229. The Bertz CT molecular complexity index is 969. The van der Waals surface area contributed by atoms with Gasteiger partial charge in [-0.2, -0.15) is 5.10 Å². The Morgan fingerprint density at radius 2 is 1.87 bits per heavy atom. The number of hydrogen-bond donors (Lipinski definition) is 0. The Morgan fingerprint density at radius 3 is 2.43 bits per heavy atom. The van der Waals surface area contributed by atoms with E-state index in [4.69, 9.17) is 4.74 Å². The molecular formula is C23H31N3O4. The van der Waals surface area contributed by atoms with Gasteiger partial charge in [0.1, 0.15) is 5.56 Å². The van der Waals surface area contributed by atoms with Crippen molar-refractivity contribution in [3.8, 4) is 5.88 Å². The number of nitrogens with zero attached hydrogens (tertiary/aromatic N) is 3. The number of ketones is 1. The van der Waals surface area contributed by atoms with Gasteiger partial charge in [0.05, 0.1) is 23.3 Å². The highest BCUT2D eigenvalue weighted by atomic mass is 16.6. The van der Waals surface area contributed by atoms with Crippen LogP contribution in [0.5, 0.6) is 5.88 Å². The molecule has 0 bridgehead atoms. The lowest BCUT2D eigenvalue weighted by Crippen LogP contribution is -2.11. The number of nitro benzene ring substituents is 1. The topological polar surface area (TPSA) is 87.3 Å². The van der Waals surface area contributed by atoms with E-state index in [1.165, 1.54) is 18.3 Å². The molecule has 0 unspecified atom stereocenters. The number of nitro groups is 1. The molecule has 0 atom stereocenters. The van der Waals surface area contributed by atoms with E-state index in [-0.39, 0.29) is 11.5 Å². The molecule has 0 radical (unpaired) electrons. The third kappa shape index (κ3) is 4.78. The van der Waals surface area contributed by atoms with Gasteiger partial charge in [0.2, 0.25) is 5.88 Å². The number of aryl methyl sites for hydroxylation is 1. The molecule has 1 aromatic carbocycles. The first-order valence-corrected chi connectivity index (χ1v) is 10.4.